The van der Waals surface area contributed by atoms with Crippen LogP contribution in [-0.4, -0.2) is 5.11 Å². The molecule has 0 fully saturated rings. The lowest BCUT2D eigenvalue weighted by Gasteiger charge is -2.10. The van der Waals surface area contributed by atoms with Crippen molar-refractivity contribution in [3.63, 3.8) is 0 Å². The van der Waals surface area contributed by atoms with Gasteiger partial charge in [-0.25, -0.2) is 0 Å². The van der Waals surface area contributed by atoms with Crippen molar-refractivity contribution in [2.75, 3.05) is 0 Å². The maximum atomic E-state index is 10.1. The van der Waals surface area contributed by atoms with E-state index in [1.807, 2.05) is 12.1 Å². The van der Waals surface area contributed by atoms with Gasteiger partial charge in [0.1, 0.15) is 0 Å². The lowest BCUT2D eigenvalue weighted by molar-refractivity contribution is 0.182. The molecular weight excluding hydrogens is 264 g/mol. The van der Waals surface area contributed by atoms with E-state index in [2.05, 4.69) is 38.1 Å². The minimum Gasteiger partial charge on any atom is -0.387 e. The molecule has 18 heavy (non-hydrogen) atoms. The Hall–Kier alpha value is -0.830. The molecule has 1 nitrogen and oxygen atoms in total. The molecule has 0 spiro atoms. The Kier molecular flexibility index (Phi) is 4.44. The first-order valence-electron chi connectivity index (χ1n) is 6.08. The van der Waals surface area contributed by atoms with E-state index in [1.165, 1.54) is 16.9 Å². The zero-order chi connectivity index (χ0) is 13.1. The summed E-state index contributed by atoms with van der Waals surface area (Å²) in [5.41, 5.74) is 2.48. The predicted molar refractivity (Wildman–Crippen MR) is 78.5 cm³/mol. The molecule has 1 unspecified atom stereocenters. The molecule has 0 radical (unpaired) electrons. The molecule has 1 N–H and O–H groups in total. The molecule has 2 rings (SSSR count). The summed E-state index contributed by atoms with van der Waals surface area (Å²) in [4.78, 5) is 0.924. The van der Waals surface area contributed by atoms with E-state index in [1.54, 1.807) is 0 Å². The molecule has 0 saturated carbocycles. The highest BCUT2D eigenvalue weighted by molar-refractivity contribution is 7.16. The number of thiophene rings is 1. The summed E-state index contributed by atoms with van der Waals surface area (Å²) in [6.07, 6.45) is 0.169. The first-order valence-corrected chi connectivity index (χ1v) is 7.28. The number of aliphatic hydroxyl groups is 1. The fraction of sp³-hybridized carbons (Fsp3) is 0.333. The molecule has 1 atom stereocenters. The fourth-order valence-corrected chi connectivity index (χ4v) is 2.92. The molecular formula is C15H17ClOS. The van der Waals surface area contributed by atoms with Crippen LogP contribution < -0.4 is 0 Å². The van der Waals surface area contributed by atoms with Crippen LogP contribution in [0.5, 0.6) is 0 Å². The van der Waals surface area contributed by atoms with Crippen LogP contribution in [0.3, 0.4) is 0 Å². The Morgan fingerprint density at radius 2 is 1.78 bits per heavy atom. The molecule has 96 valence electrons. The minimum atomic E-state index is -0.465. The normalized spacial score (nSPS) is 12.9. The second-order valence-corrected chi connectivity index (χ2v) is 6.50. The van der Waals surface area contributed by atoms with E-state index in [-0.39, 0.29) is 0 Å². The van der Waals surface area contributed by atoms with E-state index < -0.39 is 6.10 Å². The van der Waals surface area contributed by atoms with Gasteiger partial charge in [-0.2, -0.15) is 0 Å². The molecule has 1 aromatic heterocycles. The smallest absolute Gasteiger partial charge is 0.0932 e. The van der Waals surface area contributed by atoms with E-state index in [9.17, 15) is 5.11 Å². The van der Waals surface area contributed by atoms with Gasteiger partial charge in [0.15, 0.2) is 0 Å². The lowest BCUT2D eigenvalue weighted by atomic mass is 9.99. The van der Waals surface area contributed by atoms with Gasteiger partial charge in [0, 0.05) is 11.3 Å². The Morgan fingerprint density at radius 1 is 1.11 bits per heavy atom. The van der Waals surface area contributed by atoms with E-state index in [4.69, 9.17) is 11.6 Å². The Balaban J connectivity index is 2.05. The van der Waals surface area contributed by atoms with Crippen LogP contribution in [0.25, 0.3) is 0 Å². The van der Waals surface area contributed by atoms with Gasteiger partial charge in [-0.1, -0.05) is 49.7 Å². The van der Waals surface area contributed by atoms with E-state index in [0.717, 1.165) is 14.8 Å². The van der Waals surface area contributed by atoms with E-state index >= 15 is 0 Å². The van der Waals surface area contributed by atoms with Crippen LogP contribution in [0.4, 0.5) is 0 Å². The van der Waals surface area contributed by atoms with Crippen molar-refractivity contribution in [3.05, 3.63) is 56.7 Å². The average Bonchev–Trinajstić information content (AvgIpc) is 2.76. The number of hydrogen-bond donors (Lipinski definition) is 1. The molecule has 3 heteroatoms. The Morgan fingerprint density at radius 3 is 2.28 bits per heavy atom. The molecule has 1 aromatic carbocycles. The molecule has 1 heterocycles. The van der Waals surface area contributed by atoms with Crippen molar-refractivity contribution in [2.45, 2.75) is 32.3 Å². The highest BCUT2D eigenvalue weighted by Crippen LogP contribution is 2.29. The van der Waals surface area contributed by atoms with Crippen LogP contribution in [0.2, 0.25) is 4.34 Å². The van der Waals surface area contributed by atoms with Crippen molar-refractivity contribution in [3.8, 4) is 0 Å². The lowest BCUT2D eigenvalue weighted by Crippen LogP contribution is -1.99. The Bertz CT molecular complexity index is 501. The van der Waals surface area contributed by atoms with Crippen LogP contribution in [-0.2, 0) is 6.42 Å². The van der Waals surface area contributed by atoms with Gasteiger partial charge >= 0.3 is 0 Å². The van der Waals surface area contributed by atoms with Gasteiger partial charge in [-0.05, 0) is 29.2 Å². The first-order chi connectivity index (χ1) is 8.56. The number of aliphatic hydroxyl groups excluding tert-OH is 1. The first kappa shape index (κ1) is 13.6. The predicted octanol–water partition coefficient (Wildman–Crippen LogP) is 4.80. The van der Waals surface area contributed by atoms with Crippen LogP contribution in [0.1, 0.15) is 41.9 Å². The van der Waals surface area contributed by atoms with Crippen molar-refractivity contribution in [1.29, 1.82) is 0 Å². The van der Waals surface area contributed by atoms with Crippen molar-refractivity contribution in [1.82, 2.24) is 0 Å². The maximum absolute atomic E-state index is 10.1. The summed E-state index contributed by atoms with van der Waals surface area (Å²) < 4.78 is 0.721. The van der Waals surface area contributed by atoms with Gasteiger partial charge in [0.25, 0.3) is 0 Å². The summed E-state index contributed by atoms with van der Waals surface area (Å²) in [5, 5.41) is 10.1. The SMILES string of the molecule is CC(C)c1ccc(CC(O)c2ccc(Cl)s2)cc1. The number of benzene rings is 1. The summed E-state index contributed by atoms with van der Waals surface area (Å²) in [6.45, 7) is 4.36. The van der Waals surface area contributed by atoms with Gasteiger partial charge in [-0.3, -0.25) is 0 Å². The van der Waals surface area contributed by atoms with Crippen molar-refractivity contribution < 1.29 is 5.11 Å². The molecule has 0 bridgehead atoms. The molecule has 0 amide bonds. The topological polar surface area (TPSA) is 20.2 Å². The van der Waals surface area contributed by atoms with E-state index in [0.29, 0.717) is 12.3 Å². The standard InChI is InChI=1S/C15H17ClOS/c1-10(2)12-5-3-11(4-6-12)9-13(17)14-7-8-15(16)18-14/h3-8,10,13,17H,9H2,1-2H3. The number of rotatable bonds is 4. The summed E-state index contributed by atoms with van der Waals surface area (Å²) in [6, 6.07) is 12.2. The maximum Gasteiger partial charge on any atom is 0.0932 e. The number of halogens is 1. The molecule has 0 saturated heterocycles. The zero-order valence-electron chi connectivity index (χ0n) is 10.6. The summed E-state index contributed by atoms with van der Waals surface area (Å²) >= 11 is 7.31. The van der Waals surface area contributed by atoms with Crippen LogP contribution in [0.15, 0.2) is 36.4 Å². The van der Waals surface area contributed by atoms with Crippen LogP contribution >= 0.6 is 22.9 Å². The largest absolute Gasteiger partial charge is 0.387 e. The Labute approximate surface area is 117 Å². The average molecular weight is 281 g/mol. The third-order valence-electron chi connectivity index (χ3n) is 3.00. The monoisotopic (exact) mass is 280 g/mol. The second-order valence-electron chi connectivity index (χ2n) is 4.76. The van der Waals surface area contributed by atoms with Crippen LogP contribution in [0, 0.1) is 0 Å². The van der Waals surface area contributed by atoms with Crippen molar-refractivity contribution >= 4 is 22.9 Å². The van der Waals surface area contributed by atoms with Gasteiger partial charge < -0.3 is 5.11 Å². The third kappa shape index (κ3) is 3.35. The van der Waals surface area contributed by atoms with Crippen molar-refractivity contribution in [2.24, 2.45) is 0 Å². The minimum absolute atomic E-state index is 0.465. The second kappa shape index (κ2) is 5.87. The van der Waals surface area contributed by atoms with Gasteiger partial charge in [0.05, 0.1) is 10.4 Å². The van der Waals surface area contributed by atoms with Gasteiger partial charge in [-0.15, -0.1) is 11.3 Å². The van der Waals surface area contributed by atoms with Gasteiger partial charge in [0.2, 0.25) is 0 Å². The molecule has 0 aliphatic carbocycles. The molecule has 0 aliphatic heterocycles. The summed E-state index contributed by atoms with van der Waals surface area (Å²) in [7, 11) is 0. The highest BCUT2D eigenvalue weighted by Gasteiger charge is 2.11. The third-order valence-corrected chi connectivity index (χ3v) is 4.33. The number of hydrogen-bond acceptors (Lipinski definition) is 2. The highest BCUT2D eigenvalue weighted by atomic mass is 35.5. The quantitative estimate of drug-likeness (QED) is 0.853. The molecule has 0 aliphatic rings. The summed E-state index contributed by atoms with van der Waals surface area (Å²) in [5.74, 6) is 0.542. The fourth-order valence-electron chi connectivity index (χ4n) is 1.87. The zero-order valence-corrected chi connectivity index (χ0v) is 12.1. The molecule has 2 aromatic rings.